The fourth-order valence-electron chi connectivity index (χ4n) is 2.60. The Morgan fingerprint density at radius 1 is 1.29 bits per heavy atom. The molecule has 2 aromatic rings. The zero-order valence-corrected chi connectivity index (χ0v) is 14.9. The Morgan fingerprint density at radius 3 is 2.79 bits per heavy atom. The van der Waals surface area contributed by atoms with Crippen LogP contribution in [-0.2, 0) is 0 Å². The normalized spacial score (nSPS) is 16.9. The van der Waals surface area contributed by atoms with Gasteiger partial charge in [0, 0.05) is 25.4 Å². The van der Waals surface area contributed by atoms with Crippen LogP contribution in [0.3, 0.4) is 0 Å². The van der Waals surface area contributed by atoms with Crippen molar-refractivity contribution < 1.29 is 14.3 Å². The van der Waals surface area contributed by atoms with Gasteiger partial charge >= 0.3 is 0 Å². The summed E-state index contributed by atoms with van der Waals surface area (Å²) < 4.78 is 12.2. The molecule has 6 nitrogen and oxygen atoms in total. The van der Waals surface area contributed by atoms with Crippen molar-refractivity contribution >= 4 is 21.8 Å². The van der Waals surface area contributed by atoms with E-state index in [0.29, 0.717) is 37.0 Å². The molecule has 7 heteroatoms. The molecule has 0 radical (unpaired) electrons. The molecule has 0 aromatic carbocycles. The predicted octanol–water partition coefficient (Wildman–Crippen LogP) is 2.93. The minimum atomic E-state index is -0.0854. The van der Waals surface area contributed by atoms with Crippen molar-refractivity contribution in [3.63, 3.8) is 0 Å². The van der Waals surface area contributed by atoms with E-state index in [2.05, 4.69) is 25.9 Å². The molecule has 0 bridgehead atoms. The molecular weight excluding hydrogens is 374 g/mol. The van der Waals surface area contributed by atoms with Crippen LogP contribution in [0.5, 0.6) is 11.8 Å². The largest absolute Gasteiger partial charge is 0.477 e. The van der Waals surface area contributed by atoms with Crippen LogP contribution in [0.4, 0.5) is 0 Å². The van der Waals surface area contributed by atoms with Gasteiger partial charge in [-0.3, -0.25) is 4.79 Å². The van der Waals surface area contributed by atoms with Crippen molar-refractivity contribution in [1.29, 1.82) is 0 Å². The number of aromatic nitrogens is 2. The molecule has 0 N–H and O–H groups in total. The lowest BCUT2D eigenvalue weighted by Gasteiger charge is -2.18. The van der Waals surface area contributed by atoms with Crippen LogP contribution in [0.25, 0.3) is 0 Å². The lowest BCUT2D eigenvalue weighted by Crippen LogP contribution is -2.31. The van der Waals surface area contributed by atoms with Crippen LogP contribution >= 0.6 is 15.9 Å². The fraction of sp³-hybridized carbons (Fsp3) is 0.353. The Bertz CT molecular complexity index is 726. The molecule has 1 aliphatic rings. The van der Waals surface area contributed by atoms with Gasteiger partial charge in [-0.2, -0.15) is 0 Å². The minimum Gasteiger partial charge on any atom is -0.477 e. The maximum absolute atomic E-state index is 12.7. The summed E-state index contributed by atoms with van der Waals surface area (Å²) in [5.74, 6) is 0.841. The number of halogens is 1. The molecule has 3 heterocycles. The van der Waals surface area contributed by atoms with E-state index in [1.165, 1.54) is 0 Å². The lowest BCUT2D eigenvalue weighted by atomic mass is 10.2. The van der Waals surface area contributed by atoms with E-state index in [9.17, 15) is 4.79 Å². The summed E-state index contributed by atoms with van der Waals surface area (Å²) in [6, 6.07) is 7.19. The van der Waals surface area contributed by atoms with Crippen LogP contribution in [0.15, 0.2) is 41.1 Å². The molecular formula is C17H18BrN3O3. The van der Waals surface area contributed by atoms with Gasteiger partial charge in [-0.25, -0.2) is 9.97 Å². The number of carbonyl (C=O) groups is 1. The second-order valence-electron chi connectivity index (χ2n) is 5.36. The molecule has 3 rings (SSSR count). The van der Waals surface area contributed by atoms with E-state index in [0.717, 1.165) is 10.9 Å². The van der Waals surface area contributed by atoms with E-state index in [4.69, 9.17) is 9.47 Å². The number of nitrogens with zero attached hydrogens (tertiary/aromatic N) is 3. The summed E-state index contributed by atoms with van der Waals surface area (Å²) >= 11 is 3.42. The first-order chi connectivity index (χ1) is 11.7. The molecule has 1 aliphatic heterocycles. The van der Waals surface area contributed by atoms with E-state index in [-0.39, 0.29) is 12.0 Å². The average Bonchev–Trinajstić information content (AvgIpc) is 3.06. The van der Waals surface area contributed by atoms with Crippen molar-refractivity contribution in [2.24, 2.45) is 0 Å². The fourth-order valence-corrected chi connectivity index (χ4v) is 2.95. The molecule has 1 fully saturated rings. The van der Waals surface area contributed by atoms with Gasteiger partial charge in [0.05, 0.1) is 17.6 Å². The van der Waals surface area contributed by atoms with Crippen molar-refractivity contribution in [1.82, 2.24) is 14.9 Å². The molecule has 0 saturated carbocycles. The summed E-state index contributed by atoms with van der Waals surface area (Å²) in [5.41, 5.74) is 0.485. The van der Waals surface area contributed by atoms with E-state index in [1.54, 1.807) is 29.4 Å². The number of rotatable bonds is 5. The third-order valence-electron chi connectivity index (χ3n) is 3.72. The maximum atomic E-state index is 12.7. The number of amides is 1. The van der Waals surface area contributed by atoms with Crippen LogP contribution in [-0.4, -0.2) is 46.6 Å². The van der Waals surface area contributed by atoms with Crippen LogP contribution < -0.4 is 9.47 Å². The van der Waals surface area contributed by atoms with E-state index >= 15 is 0 Å². The number of likely N-dealkylation sites (tertiary alicyclic amines) is 1. The van der Waals surface area contributed by atoms with Crippen LogP contribution in [0, 0.1) is 0 Å². The Balaban J connectivity index is 1.67. The van der Waals surface area contributed by atoms with Crippen molar-refractivity contribution in [2.75, 3.05) is 19.7 Å². The summed E-state index contributed by atoms with van der Waals surface area (Å²) in [6.07, 6.45) is 3.99. The van der Waals surface area contributed by atoms with Gasteiger partial charge in [0.2, 0.25) is 11.8 Å². The molecule has 0 aliphatic carbocycles. The smallest absolute Gasteiger partial charge is 0.259 e. The average molecular weight is 392 g/mol. The van der Waals surface area contributed by atoms with Crippen LogP contribution in [0.1, 0.15) is 23.7 Å². The predicted molar refractivity (Wildman–Crippen MR) is 92.3 cm³/mol. The Hall–Kier alpha value is -2.15. The first-order valence-electron chi connectivity index (χ1n) is 7.83. The zero-order valence-electron chi connectivity index (χ0n) is 13.3. The second-order valence-corrected chi connectivity index (χ2v) is 6.21. The highest BCUT2D eigenvalue weighted by molar-refractivity contribution is 9.10. The molecule has 2 aromatic heterocycles. The highest BCUT2D eigenvalue weighted by atomic mass is 79.9. The van der Waals surface area contributed by atoms with Crippen molar-refractivity contribution in [3.8, 4) is 11.8 Å². The Kier molecular flexibility index (Phi) is 5.30. The van der Waals surface area contributed by atoms with Gasteiger partial charge in [0.1, 0.15) is 11.7 Å². The maximum Gasteiger partial charge on any atom is 0.259 e. The van der Waals surface area contributed by atoms with Crippen LogP contribution in [0.2, 0.25) is 0 Å². The standard InChI is InChI=1S/C17H18BrN3O3/c1-2-23-15-13(5-3-8-19-15)17(22)21-10-7-12(11-21)24-16-14(18)6-4-9-20-16/h3-6,8-9,12H,2,7,10-11H2,1H3. The number of hydrogen-bond acceptors (Lipinski definition) is 5. The molecule has 0 spiro atoms. The molecule has 1 amide bonds. The monoisotopic (exact) mass is 391 g/mol. The van der Waals surface area contributed by atoms with Gasteiger partial charge < -0.3 is 14.4 Å². The molecule has 1 unspecified atom stereocenters. The van der Waals surface area contributed by atoms with Gasteiger partial charge in [0.25, 0.3) is 5.91 Å². The Labute approximate surface area is 148 Å². The SMILES string of the molecule is CCOc1ncccc1C(=O)N1CCC(Oc2ncccc2Br)C1. The summed E-state index contributed by atoms with van der Waals surface area (Å²) in [5, 5.41) is 0. The van der Waals surface area contributed by atoms with E-state index in [1.807, 2.05) is 19.1 Å². The minimum absolute atomic E-state index is 0.0765. The molecule has 126 valence electrons. The summed E-state index contributed by atoms with van der Waals surface area (Å²) in [6.45, 7) is 3.49. The highest BCUT2D eigenvalue weighted by Gasteiger charge is 2.30. The Morgan fingerprint density at radius 2 is 2.04 bits per heavy atom. The molecule has 1 saturated heterocycles. The third-order valence-corrected chi connectivity index (χ3v) is 4.32. The van der Waals surface area contributed by atoms with Gasteiger partial charge in [0.15, 0.2) is 0 Å². The van der Waals surface area contributed by atoms with E-state index < -0.39 is 0 Å². The summed E-state index contributed by atoms with van der Waals surface area (Å²) in [7, 11) is 0. The second kappa shape index (κ2) is 7.61. The zero-order chi connectivity index (χ0) is 16.9. The first kappa shape index (κ1) is 16.7. The first-order valence-corrected chi connectivity index (χ1v) is 8.62. The summed E-state index contributed by atoms with van der Waals surface area (Å²) in [4.78, 5) is 22.8. The number of carbonyl (C=O) groups excluding carboxylic acids is 1. The quantitative estimate of drug-likeness (QED) is 0.783. The molecule has 24 heavy (non-hydrogen) atoms. The lowest BCUT2D eigenvalue weighted by molar-refractivity contribution is 0.0766. The molecule has 1 atom stereocenters. The number of pyridine rings is 2. The van der Waals surface area contributed by atoms with Crippen molar-refractivity contribution in [3.05, 3.63) is 46.7 Å². The third kappa shape index (κ3) is 3.67. The number of ether oxygens (including phenoxy) is 2. The van der Waals surface area contributed by atoms with Gasteiger partial charge in [-0.15, -0.1) is 0 Å². The highest BCUT2D eigenvalue weighted by Crippen LogP contribution is 2.26. The number of hydrogen-bond donors (Lipinski definition) is 0. The van der Waals surface area contributed by atoms with Gasteiger partial charge in [-0.05, 0) is 47.1 Å². The topological polar surface area (TPSA) is 64.5 Å². The van der Waals surface area contributed by atoms with Gasteiger partial charge in [-0.1, -0.05) is 0 Å². The van der Waals surface area contributed by atoms with Crippen molar-refractivity contribution in [2.45, 2.75) is 19.4 Å².